The van der Waals surface area contributed by atoms with Gasteiger partial charge in [-0.05, 0) is 13.3 Å². The molecule has 0 aliphatic rings. The molecule has 0 aliphatic heterocycles. The van der Waals surface area contributed by atoms with E-state index < -0.39 is 5.97 Å². The normalized spacial score (nSPS) is 11.0. The molecule has 0 heterocycles. The Hall–Kier alpha value is -1.23. The molecule has 0 aliphatic carbocycles. The zero-order valence-corrected chi connectivity index (χ0v) is 6.63. The van der Waals surface area contributed by atoms with Gasteiger partial charge >= 0.3 is 5.97 Å². The summed E-state index contributed by atoms with van der Waals surface area (Å²) in [6.07, 6.45) is 2.51. The fourth-order valence-electron chi connectivity index (χ4n) is 0.698. The van der Waals surface area contributed by atoms with Crippen LogP contribution in [0, 0.1) is 17.8 Å². The first-order valence-corrected chi connectivity index (χ1v) is 3.45. The molecule has 1 N–H and O–H groups in total. The van der Waals surface area contributed by atoms with E-state index in [1.165, 1.54) is 0 Å². The molecule has 0 fully saturated rings. The lowest BCUT2D eigenvalue weighted by molar-refractivity contribution is -0.141. The molecule has 1 unspecified atom stereocenters. The molecule has 1 atom stereocenters. The van der Waals surface area contributed by atoms with Gasteiger partial charge in [0.2, 0.25) is 0 Å². The van der Waals surface area contributed by atoms with E-state index in [9.17, 15) is 4.79 Å². The third kappa shape index (κ3) is 4.21. The van der Waals surface area contributed by atoms with E-state index in [0.717, 1.165) is 0 Å². The van der Waals surface area contributed by atoms with Crippen LogP contribution < -0.4 is 0 Å². The second kappa shape index (κ2) is 5.55. The molecule has 0 bridgehead atoms. The monoisotopic (exact) mass is 152 g/mol. The molecule has 0 saturated heterocycles. The molecule has 11 heavy (non-hydrogen) atoms. The van der Waals surface area contributed by atoms with Crippen molar-refractivity contribution in [1.82, 2.24) is 0 Å². The maximum Gasteiger partial charge on any atom is 0.307 e. The van der Waals surface area contributed by atoms with Gasteiger partial charge in [-0.25, -0.2) is 0 Å². The zero-order chi connectivity index (χ0) is 8.69. The predicted octanol–water partition coefficient (Wildman–Crippen LogP) is 1.68. The summed E-state index contributed by atoms with van der Waals surface area (Å²) in [5.74, 6) is 4.21. The van der Waals surface area contributed by atoms with Gasteiger partial charge < -0.3 is 5.11 Å². The van der Waals surface area contributed by atoms with E-state index in [0.29, 0.717) is 12.8 Å². The van der Waals surface area contributed by atoms with Gasteiger partial charge in [0.05, 0.1) is 5.92 Å². The summed E-state index contributed by atoms with van der Waals surface area (Å²) < 4.78 is 0. The highest BCUT2D eigenvalue weighted by molar-refractivity contribution is 5.70. The van der Waals surface area contributed by atoms with E-state index in [1.807, 2.05) is 0 Å². The third-order valence-corrected chi connectivity index (χ3v) is 1.33. The first-order valence-electron chi connectivity index (χ1n) is 3.45. The molecule has 0 amide bonds. The van der Waals surface area contributed by atoms with E-state index in [1.54, 1.807) is 13.0 Å². The number of aliphatic carboxylic acids is 1. The topological polar surface area (TPSA) is 37.3 Å². The molecule has 0 spiro atoms. The van der Waals surface area contributed by atoms with Crippen molar-refractivity contribution in [2.75, 3.05) is 0 Å². The second-order valence-corrected chi connectivity index (χ2v) is 2.19. The lowest BCUT2D eigenvalue weighted by atomic mass is 10.0. The molecule has 0 rings (SSSR count). The number of allylic oxidation sites excluding steroid dienone is 1. The summed E-state index contributed by atoms with van der Waals surface area (Å²) in [7, 11) is 0. The Balaban J connectivity index is 3.95. The van der Waals surface area contributed by atoms with Crippen LogP contribution in [0.3, 0.4) is 0 Å². The van der Waals surface area contributed by atoms with E-state index >= 15 is 0 Å². The van der Waals surface area contributed by atoms with Gasteiger partial charge in [0, 0.05) is 6.42 Å². The van der Waals surface area contributed by atoms with Crippen LogP contribution in [0.15, 0.2) is 12.7 Å². The Morgan fingerprint density at radius 2 is 2.45 bits per heavy atom. The Bertz CT molecular complexity index is 195. The molecule has 2 heteroatoms. The maximum atomic E-state index is 10.5. The van der Waals surface area contributed by atoms with Crippen molar-refractivity contribution in [2.45, 2.75) is 19.8 Å². The standard InChI is InChI=1S/C9H12O2/c1-3-5-7-8(6-4-2)9(10)11/h4,8H,2,6-7H2,1H3,(H,10,11). The van der Waals surface area contributed by atoms with E-state index in [4.69, 9.17) is 5.11 Å². The molecule has 0 aromatic carbocycles. The minimum absolute atomic E-state index is 0.389. The Labute approximate surface area is 66.9 Å². The average molecular weight is 152 g/mol. The van der Waals surface area contributed by atoms with Crippen LogP contribution in [-0.4, -0.2) is 11.1 Å². The summed E-state index contributed by atoms with van der Waals surface area (Å²) in [4.78, 5) is 10.5. The van der Waals surface area contributed by atoms with Crippen molar-refractivity contribution in [1.29, 1.82) is 0 Å². The highest BCUT2D eigenvalue weighted by atomic mass is 16.4. The van der Waals surface area contributed by atoms with Gasteiger partial charge in [-0.2, -0.15) is 0 Å². The van der Waals surface area contributed by atoms with Gasteiger partial charge in [0.1, 0.15) is 0 Å². The molecular weight excluding hydrogens is 140 g/mol. The summed E-state index contributed by atoms with van der Waals surface area (Å²) in [5, 5.41) is 8.62. The number of carboxylic acids is 1. The van der Waals surface area contributed by atoms with Crippen LogP contribution in [0.1, 0.15) is 19.8 Å². The summed E-state index contributed by atoms with van der Waals surface area (Å²) in [6, 6.07) is 0. The van der Waals surface area contributed by atoms with Gasteiger partial charge in [0.15, 0.2) is 0 Å². The smallest absolute Gasteiger partial charge is 0.307 e. The number of carboxylic acid groups (broad SMARTS) is 1. The summed E-state index contributed by atoms with van der Waals surface area (Å²) in [6.45, 7) is 5.18. The maximum absolute atomic E-state index is 10.5. The van der Waals surface area contributed by atoms with Gasteiger partial charge in [-0.1, -0.05) is 6.08 Å². The molecule has 60 valence electrons. The third-order valence-electron chi connectivity index (χ3n) is 1.33. The van der Waals surface area contributed by atoms with Crippen molar-refractivity contribution in [3.8, 4) is 11.8 Å². The molecule has 0 radical (unpaired) electrons. The fraction of sp³-hybridized carbons (Fsp3) is 0.444. The molecule has 2 nitrogen and oxygen atoms in total. The molecule has 0 aromatic rings. The highest BCUT2D eigenvalue weighted by Crippen LogP contribution is 2.07. The Morgan fingerprint density at radius 1 is 1.82 bits per heavy atom. The van der Waals surface area contributed by atoms with Gasteiger partial charge in [-0.3, -0.25) is 4.79 Å². The van der Waals surface area contributed by atoms with E-state index in [-0.39, 0.29) is 5.92 Å². The van der Waals surface area contributed by atoms with Crippen molar-refractivity contribution < 1.29 is 9.90 Å². The van der Waals surface area contributed by atoms with Crippen LogP contribution in [0.2, 0.25) is 0 Å². The van der Waals surface area contributed by atoms with Crippen molar-refractivity contribution >= 4 is 5.97 Å². The first-order chi connectivity index (χ1) is 5.22. The predicted molar refractivity (Wildman–Crippen MR) is 44.0 cm³/mol. The summed E-state index contributed by atoms with van der Waals surface area (Å²) >= 11 is 0. The zero-order valence-electron chi connectivity index (χ0n) is 6.63. The number of hydrogen-bond donors (Lipinski definition) is 1. The minimum Gasteiger partial charge on any atom is -0.481 e. The SMILES string of the molecule is C=CCC(CC#CC)C(=O)O. The quantitative estimate of drug-likeness (QED) is 0.491. The number of rotatable bonds is 4. The lowest BCUT2D eigenvalue weighted by Gasteiger charge is -2.03. The first kappa shape index (κ1) is 9.77. The van der Waals surface area contributed by atoms with Crippen LogP contribution in [0.5, 0.6) is 0 Å². The van der Waals surface area contributed by atoms with Crippen LogP contribution in [-0.2, 0) is 4.79 Å². The largest absolute Gasteiger partial charge is 0.481 e. The average Bonchev–Trinajstić information content (AvgIpc) is 1.97. The van der Waals surface area contributed by atoms with E-state index in [2.05, 4.69) is 18.4 Å². The van der Waals surface area contributed by atoms with Crippen molar-refractivity contribution in [3.63, 3.8) is 0 Å². The van der Waals surface area contributed by atoms with Crippen molar-refractivity contribution in [3.05, 3.63) is 12.7 Å². The van der Waals surface area contributed by atoms with Crippen molar-refractivity contribution in [2.24, 2.45) is 5.92 Å². The summed E-state index contributed by atoms with van der Waals surface area (Å²) in [5.41, 5.74) is 0. The highest BCUT2D eigenvalue weighted by Gasteiger charge is 2.13. The Morgan fingerprint density at radius 3 is 2.82 bits per heavy atom. The lowest BCUT2D eigenvalue weighted by Crippen LogP contribution is -2.11. The number of carbonyl (C=O) groups is 1. The molecular formula is C9H12O2. The van der Waals surface area contributed by atoms with Gasteiger partial charge in [-0.15, -0.1) is 18.4 Å². The van der Waals surface area contributed by atoms with Gasteiger partial charge in [0.25, 0.3) is 0 Å². The van der Waals surface area contributed by atoms with Crippen LogP contribution >= 0.6 is 0 Å². The fourth-order valence-corrected chi connectivity index (χ4v) is 0.698. The van der Waals surface area contributed by atoms with Crippen LogP contribution in [0.4, 0.5) is 0 Å². The molecule has 0 aromatic heterocycles. The van der Waals surface area contributed by atoms with Crippen LogP contribution in [0.25, 0.3) is 0 Å². The number of hydrogen-bond acceptors (Lipinski definition) is 1. The second-order valence-electron chi connectivity index (χ2n) is 2.19. The Kier molecular flexibility index (Phi) is 4.93. The molecule has 0 saturated carbocycles. The minimum atomic E-state index is -0.798.